The summed E-state index contributed by atoms with van der Waals surface area (Å²) < 4.78 is 79.5. The molecule has 3 aliphatic rings. The van der Waals surface area contributed by atoms with E-state index >= 15 is 0 Å². The summed E-state index contributed by atoms with van der Waals surface area (Å²) in [5.74, 6) is -1.74. The van der Waals surface area contributed by atoms with Crippen molar-refractivity contribution in [1.29, 1.82) is 0 Å². The average Bonchev–Trinajstić information content (AvgIpc) is 3.43. The molecule has 3 heterocycles. The fraction of sp³-hybridized carbons (Fsp3) is 0.318. The van der Waals surface area contributed by atoms with Crippen molar-refractivity contribution in [1.82, 2.24) is 9.80 Å². The second-order valence-electron chi connectivity index (χ2n) is 8.31. The Morgan fingerprint density at radius 1 is 0.912 bits per heavy atom. The molecular formula is C22H15F6N3O3. The first kappa shape index (κ1) is 22.2. The van der Waals surface area contributed by atoms with E-state index in [1.165, 1.54) is 17.0 Å². The summed E-state index contributed by atoms with van der Waals surface area (Å²) in [6.07, 6.45) is -9.26. The van der Waals surface area contributed by atoms with E-state index in [9.17, 15) is 40.7 Å². The Morgan fingerprint density at radius 3 is 2.29 bits per heavy atom. The minimum Gasteiger partial charge on any atom is -0.331 e. The molecule has 5 rings (SSSR count). The molecule has 3 unspecified atom stereocenters. The maximum atomic E-state index is 13.4. The summed E-state index contributed by atoms with van der Waals surface area (Å²) in [5.41, 5.74) is -2.99. The summed E-state index contributed by atoms with van der Waals surface area (Å²) in [7, 11) is 0. The van der Waals surface area contributed by atoms with Crippen LogP contribution >= 0.6 is 0 Å². The lowest BCUT2D eigenvalue weighted by atomic mass is 10.0. The van der Waals surface area contributed by atoms with Gasteiger partial charge in [-0.05, 0) is 36.8 Å². The lowest BCUT2D eigenvalue weighted by Crippen LogP contribution is -2.55. The number of alkyl halides is 6. The Bertz CT molecular complexity index is 1210. The van der Waals surface area contributed by atoms with Gasteiger partial charge in [0.1, 0.15) is 6.04 Å². The molecule has 0 aromatic heterocycles. The number of nitrogens with zero attached hydrogens (tertiary/aromatic N) is 3. The molecule has 3 aliphatic heterocycles. The van der Waals surface area contributed by atoms with Crippen molar-refractivity contribution < 1.29 is 40.7 Å². The highest BCUT2D eigenvalue weighted by Gasteiger charge is 2.63. The number of carbonyl (C=O) groups is 3. The SMILES string of the molecule is O=C1C2C3CC(CN3C(=O)c3ccccc3C(F)(F)F)N2C(=O)N1c1cccc(C(F)(F)F)c1. The average molecular weight is 483 g/mol. The number of benzene rings is 2. The van der Waals surface area contributed by atoms with Crippen LogP contribution in [0.5, 0.6) is 0 Å². The molecule has 0 spiro atoms. The number of halogens is 6. The molecule has 6 nitrogen and oxygen atoms in total. The first-order valence-electron chi connectivity index (χ1n) is 10.2. The molecule has 3 atom stereocenters. The molecular weight excluding hydrogens is 468 g/mol. The predicted octanol–water partition coefficient (Wildman–Crippen LogP) is 4.16. The molecule has 0 saturated carbocycles. The molecule has 2 aromatic carbocycles. The van der Waals surface area contributed by atoms with E-state index < -0.39 is 65.0 Å². The van der Waals surface area contributed by atoms with Gasteiger partial charge >= 0.3 is 18.4 Å². The van der Waals surface area contributed by atoms with Gasteiger partial charge in [-0.15, -0.1) is 0 Å². The van der Waals surface area contributed by atoms with Crippen molar-refractivity contribution in [2.24, 2.45) is 0 Å². The molecule has 12 heteroatoms. The predicted molar refractivity (Wildman–Crippen MR) is 105 cm³/mol. The van der Waals surface area contributed by atoms with E-state index in [4.69, 9.17) is 0 Å². The number of hydrogen-bond donors (Lipinski definition) is 0. The number of anilines is 1. The van der Waals surface area contributed by atoms with Gasteiger partial charge in [0.15, 0.2) is 0 Å². The van der Waals surface area contributed by atoms with Crippen molar-refractivity contribution in [2.45, 2.75) is 36.9 Å². The zero-order valence-corrected chi connectivity index (χ0v) is 17.1. The lowest BCUT2D eigenvalue weighted by Gasteiger charge is -2.35. The number of piperazine rings is 1. The first-order chi connectivity index (χ1) is 15.9. The van der Waals surface area contributed by atoms with Gasteiger partial charge in [0.05, 0.1) is 34.5 Å². The van der Waals surface area contributed by atoms with E-state index in [2.05, 4.69) is 0 Å². The highest BCUT2D eigenvalue weighted by molar-refractivity contribution is 6.22. The van der Waals surface area contributed by atoms with E-state index in [-0.39, 0.29) is 18.7 Å². The second-order valence-corrected chi connectivity index (χ2v) is 8.31. The van der Waals surface area contributed by atoms with Gasteiger partial charge in [0.2, 0.25) is 0 Å². The van der Waals surface area contributed by atoms with Gasteiger partial charge in [0, 0.05) is 6.54 Å². The number of fused-ring (bicyclic) bond motifs is 5. The Hall–Kier alpha value is -3.57. The van der Waals surface area contributed by atoms with Gasteiger partial charge in [0.25, 0.3) is 11.8 Å². The molecule has 178 valence electrons. The van der Waals surface area contributed by atoms with Crippen LogP contribution in [0.4, 0.5) is 36.8 Å². The van der Waals surface area contributed by atoms with Crippen molar-refractivity contribution >= 4 is 23.5 Å². The van der Waals surface area contributed by atoms with Gasteiger partial charge < -0.3 is 9.80 Å². The van der Waals surface area contributed by atoms with Crippen LogP contribution in [0.15, 0.2) is 48.5 Å². The quantitative estimate of drug-likeness (QED) is 0.476. The molecule has 2 bridgehead atoms. The summed E-state index contributed by atoms with van der Waals surface area (Å²) >= 11 is 0. The summed E-state index contributed by atoms with van der Waals surface area (Å²) in [4.78, 5) is 42.2. The number of amides is 4. The Kier molecular flexibility index (Phi) is 4.72. The van der Waals surface area contributed by atoms with E-state index in [0.717, 1.165) is 35.2 Å². The van der Waals surface area contributed by atoms with Gasteiger partial charge in [-0.25, -0.2) is 9.69 Å². The third kappa shape index (κ3) is 3.23. The van der Waals surface area contributed by atoms with Gasteiger partial charge in [-0.1, -0.05) is 18.2 Å². The lowest BCUT2D eigenvalue weighted by molar-refractivity contribution is -0.138. The second kappa shape index (κ2) is 7.21. The van der Waals surface area contributed by atoms with E-state index in [1.54, 1.807) is 0 Å². The third-order valence-electron chi connectivity index (χ3n) is 6.42. The largest absolute Gasteiger partial charge is 0.417 e. The molecule has 0 aliphatic carbocycles. The molecule has 3 saturated heterocycles. The van der Waals surface area contributed by atoms with Crippen LogP contribution in [0.1, 0.15) is 27.9 Å². The minimum atomic E-state index is -4.77. The number of hydrogen-bond acceptors (Lipinski definition) is 3. The van der Waals surface area contributed by atoms with Crippen LogP contribution in [0.25, 0.3) is 0 Å². The van der Waals surface area contributed by atoms with Crippen molar-refractivity contribution in [3.05, 3.63) is 65.2 Å². The molecule has 4 amide bonds. The molecule has 0 radical (unpaired) electrons. The molecule has 0 N–H and O–H groups in total. The smallest absolute Gasteiger partial charge is 0.331 e. The third-order valence-corrected chi connectivity index (χ3v) is 6.42. The fourth-order valence-electron chi connectivity index (χ4n) is 5.02. The number of imide groups is 1. The van der Waals surface area contributed by atoms with E-state index in [1.807, 2.05) is 0 Å². The summed E-state index contributed by atoms with van der Waals surface area (Å²) in [5, 5.41) is 0. The van der Waals surface area contributed by atoms with Crippen LogP contribution in [-0.4, -0.2) is 52.3 Å². The molecule has 2 aromatic rings. The van der Waals surface area contributed by atoms with Gasteiger partial charge in [-0.3, -0.25) is 9.59 Å². The van der Waals surface area contributed by atoms with Crippen molar-refractivity contribution in [2.75, 3.05) is 11.4 Å². The highest BCUT2D eigenvalue weighted by Crippen LogP contribution is 2.44. The number of rotatable bonds is 2. The van der Waals surface area contributed by atoms with Crippen LogP contribution in [0, 0.1) is 0 Å². The zero-order chi connectivity index (χ0) is 24.6. The zero-order valence-electron chi connectivity index (χ0n) is 17.1. The topological polar surface area (TPSA) is 60.9 Å². The van der Waals surface area contributed by atoms with Crippen LogP contribution in [-0.2, 0) is 17.1 Å². The van der Waals surface area contributed by atoms with Crippen molar-refractivity contribution in [3.8, 4) is 0 Å². The number of urea groups is 1. The Labute approximate surface area is 188 Å². The fourth-order valence-corrected chi connectivity index (χ4v) is 5.02. The van der Waals surface area contributed by atoms with Gasteiger partial charge in [-0.2, -0.15) is 26.3 Å². The summed E-state index contributed by atoms with van der Waals surface area (Å²) in [6, 6.07) is 4.52. The highest BCUT2D eigenvalue weighted by atomic mass is 19.4. The minimum absolute atomic E-state index is 0.0817. The van der Waals surface area contributed by atoms with E-state index in [0.29, 0.717) is 11.0 Å². The Balaban J connectivity index is 1.46. The standard InChI is InChI=1S/C22H15F6N3O3/c23-21(24,25)11-4-3-5-12(8-11)31-19(33)17-16-9-13(30(17)20(31)34)10-29(16)18(32)14-6-1-2-7-15(14)22(26,27)28/h1-8,13,16-17H,9-10H2. The number of carbonyl (C=O) groups excluding carboxylic acids is 3. The molecule has 3 fully saturated rings. The van der Waals surface area contributed by atoms with Crippen LogP contribution in [0.3, 0.4) is 0 Å². The normalized spacial score (nSPS) is 24.3. The van der Waals surface area contributed by atoms with Crippen LogP contribution < -0.4 is 4.90 Å². The molecule has 34 heavy (non-hydrogen) atoms. The summed E-state index contributed by atoms with van der Waals surface area (Å²) in [6.45, 7) is -0.0817. The van der Waals surface area contributed by atoms with Crippen molar-refractivity contribution in [3.63, 3.8) is 0 Å². The maximum Gasteiger partial charge on any atom is 0.417 e. The Morgan fingerprint density at radius 2 is 1.62 bits per heavy atom. The van der Waals surface area contributed by atoms with Crippen LogP contribution in [0.2, 0.25) is 0 Å². The number of likely N-dealkylation sites (tertiary alicyclic amines) is 1. The first-order valence-corrected chi connectivity index (χ1v) is 10.2. The maximum absolute atomic E-state index is 13.4. The monoisotopic (exact) mass is 483 g/mol.